The van der Waals surface area contributed by atoms with Crippen LogP contribution in [-0.2, 0) is 9.47 Å². The molecule has 0 spiro atoms. The summed E-state index contributed by atoms with van der Waals surface area (Å²) in [4.78, 5) is 11.9. The van der Waals surface area contributed by atoms with Crippen molar-refractivity contribution in [2.24, 2.45) is 0 Å². The van der Waals surface area contributed by atoms with Gasteiger partial charge in [0, 0.05) is 0 Å². The average molecular weight is 330 g/mol. The van der Waals surface area contributed by atoms with E-state index in [0.29, 0.717) is 0 Å². The van der Waals surface area contributed by atoms with Gasteiger partial charge in [-0.25, -0.2) is 4.79 Å². The van der Waals surface area contributed by atoms with Gasteiger partial charge in [-0.3, -0.25) is 0 Å². The van der Waals surface area contributed by atoms with Crippen LogP contribution in [0.5, 0.6) is 11.5 Å². The minimum absolute atomic E-state index is 0.0855. The van der Waals surface area contributed by atoms with Gasteiger partial charge in [0.1, 0.15) is 31.0 Å². The Hall–Kier alpha value is -1.91. The summed E-state index contributed by atoms with van der Waals surface area (Å²) in [6, 6.07) is 3.83. The second-order valence-corrected chi connectivity index (χ2v) is 5.02. The van der Waals surface area contributed by atoms with Crippen molar-refractivity contribution in [2.45, 2.75) is 30.7 Å². The van der Waals surface area contributed by atoms with Crippen molar-refractivity contribution in [1.29, 1.82) is 0 Å². The van der Waals surface area contributed by atoms with Gasteiger partial charge in [-0.05, 0) is 18.2 Å². The lowest BCUT2D eigenvalue weighted by molar-refractivity contribution is -0.286. The van der Waals surface area contributed by atoms with Crippen LogP contribution in [0.15, 0.2) is 18.2 Å². The predicted octanol–water partition coefficient (Wildman–Crippen LogP) is -1.64. The van der Waals surface area contributed by atoms with Gasteiger partial charge in [0.2, 0.25) is 0 Å². The number of methoxy groups -OCH3 is 1. The maximum Gasteiger partial charge on any atom is 0.338 e. The molecule has 1 aromatic rings. The van der Waals surface area contributed by atoms with Crippen molar-refractivity contribution in [3.8, 4) is 11.5 Å². The summed E-state index contributed by atoms with van der Waals surface area (Å²) in [6.45, 7) is -0.454. The first kappa shape index (κ1) is 17.4. The van der Waals surface area contributed by atoms with E-state index in [9.17, 15) is 30.3 Å². The molecule has 9 heteroatoms. The van der Waals surface area contributed by atoms with Gasteiger partial charge < -0.3 is 39.7 Å². The molecular weight excluding hydrogens is 312 g/mol. The highest BCUT2D eigenvalue weighted by Crippen LogP contribution is 2.27. The van der Waals surface area contributed by atoms with E-state index in [0.717, 1.165) is 0 Å². The van der Waals surface area contributed by atoms with Gasteiger partial charge in [-0.1, -0.05) is 0 Å². The molecule has 0 aliphatic carbocycles. The van der Waals surface area contributed by atoms with E-state index in [-0.39, 0.29) is 17.1 Å². The lowest BCUT2D eigenvalue weighted by Gasteiger charge is -2.37. The smallest absolute Gasteiger partial charge is 0.338 e. The number of carbonyl (C=O) groups is 1. The van der Waals surface area contributed by atoms with E-state index < -0.39 is 43.3 Å². The minimum atomic E-state index is -1.70. The minimum Gasteiger partial charge on any atom is -0.504 e. The highest BCUT2D eigenvalue weighted by molar-refractivity contribution is 5.90. The third-order valence-electron chi connectivity index (χ3n) is 3.48. The largest absolute Gasteiger partial charge is 0.504 e. The lowest BCUT2D eigenvalue weighted by atomic mass is 9.99. The Kier molecular flexibility index (Phi) is 5.39. The van der Waals surface area contributed by atoms with Gasteiger partial charge in [-0.2, -0.15) is 0 Å². The van der Waals surface area contributed by atoms with Gasteiger partial charge in [0.25, 0.3) is 0 Å². The Bertz CT molecular complexity index is 561. The van der Waals surface area contributed by atoms with Crippen LogP contribution >= 0.6 is 0 Å². The standard InChI is InChI=1S/C14H18O9/c1-21-8-4-6(2-3-7(8)15)13(19)22-5-9-10(16)11(17)12(18)14(20)23-9/h2-4,9-12,14-18,20H,5H2,1H3/t9-,10-,11+,12-,14+/m1/s1. The molecule has 1 aliphatic heterocycles. The van der Waals surface area contributed by atoms with Gasteiger partial charge in [0.05, 0.1) is 12.7 Å². The van der Waals surface area contributed by atoms with Crippen LogP contribution in [0.2, 0.25) is 0 Å². The molecule has 128 valence electrons. The number of phenols is 1. The quantitative estimate of drug-likeness (QED) is 0.410. The fourth-order valence-corrected chi connectivity index (χ4v) is 2.11. The Morgan fingerprint density at radius 3 is 2.52 bits per heavy atom. The van der Waals surface area contributed by atoms with Gasteiger partial charge >= 0.3 is 5.97 Å². The Morgan fingerprint density at radius 1 is 1.17 bits per heavy atom. The van der Waals surface area contributed by atoms with Crippen LogP contribution in [0, 0.1) is 0 Å². The number of hydrogen-bond donors (Lipinski definition) is 5. The molecule has 1 fully saturated rings. The average Bonchev–Trinajstić information content (AvgIpc) is 2.55. The number of hydrogen-bond acceptors (Lipinski definition) is 9. The monoisotopic (exact) mass is 330 g/mol. The van der Waals surface area contributed by atoms with Crippen LogP contribution in [0.25, 0.3) is 0 Å². The molecule has 1 heterocycles. The van der Waals surface area contributed by atoms with Crippen LogP contribution in [0.4, 0.5) is 0 Å². The molecule has 1 saturated heterocycles. The number of esters is 1. The highest BCUT2D eigenvalue weighted by Gasteiger charge is 2.43. The van der Waals surface area contributed by atoms with Crippen molar-refractivity contribution >= 4 is 5.97 Å². The zero-order valence-corrected chi connectivity index (χ0v) is 12.2. The summed E-state index contributed by atoms with van der Waals surface area (Å²) in [5, 5.41) is 47.5. The number of carbonyl (C=O) groups excluding carboxylic acids is 1. The van der Waals surface area contributed by atoms with Crippen molar-refractivity contribution < 1.29 is 44.5 Å². The normalized spacial score (nSPS) is 30.7. The summed E-state index contributed by atoms with van der Waals surface area (Å²) in [6.07, 6.45) is -7.72. The van der Waals surface area contributed by atoms with Gasteiger partial charge in [-0.15, -0.1) is 0 Å². The third-order valence-corrected chi connectivity index (χ3v) is 3.48. The van der Waals surface area contributed by atoms with E-state index >= 15 is 0 Å². The van der Waals surface area contributed by atoms with Crippen molar-refractivity contribution in [1.82, 2.24) is 0 Å². The SMILES string of the molecule is COc1cc(C(=O)OC[C@H]2O[C@H](O)[C@H](O)[C@@H](O)[C@@H]2O)ccc1O. The highest BCUT2D eigenvalue weighted by atomic mass is 16.6. The van der Waals surface area contributed by atoms with Crippen LogP contribution < -0.4 is 4.74 Å². The zero-order valence-electron chi connectivity index (χ0n) is 12.2. The fraction of sp³-hybridized carbons (Fsp3) is 0.500. The van der Waals surface area contributed by atoms with E-state index in [1.165, 1.54) is 25.3 Å². The van der Waals surface area contributed by atoms with Crippen molar-refractivity contribution in [3.63, 3.8) is 0 Å². The summed E-state index contributed by atoms with van der Waals surface area (Å²) in [5.74, 6) is -0.841. The molecule has 0 unspecified atom stereocenters. The lowest BCUT2D eigenvalue weighted by Crippen LogP contribution is -2.58. The Morgan fingerprint density at radius 2 is 1.87 bits per heavy atom. The molecule has 0 amide bonds. The van der Waals surface area contributed by atoms with E-state index in [2.05, 4.69) is 0 Å². The molecule has 1 aromatic carbocycles. The molecule has 0 saturated carbocycles. The number of aromatic hydroxyl groups is 1. The molecule has 5 N–H and O–H groups in total. The molecule has 23 heavy (non-hydrogen) atoms. The fourth-order valence-electron chi connectivity index (χ4n) is 2.11. The second-order valence-electron chi connectivity index (χ2n) is 5.02. The molecule has 5 atom stereocenters. The number of rotatable bonds is 4. The first-order valence-electron chi connectivity index (χ1n) is 6.77. The Labute approximate surface area is 131 Å². The van der Waals surface area contributed by atoms with E-state index in [4.69, 9.17) is 14.2 Å². The van der Waals surface area contributed by atoms with E-state index in [1.54, 1.807) is 0 Å². The number of aliphatic hydroxyl groups is 4. The predicted molar refractivity (Wildman–Crippen MR) is 73.8 cm³/mol. The van der Waals surface area contributed by atoms with Crippen LogP contribution in [0.3, 0.4) is 0 Å². The molecular formula is C14H18O9. The van der Waals surface area contributed by atoms with Crippen molar-refractivity contribution in [3.05, 3.63) is 23.8 Å². The summed E-state index contributed by atoms with van der Waals surface area (Å²) in [7, 11) is 1.32. The second kappa shape index (κ2) is 7.11. The summed E-state index contributed by atoms with van der Waals surface area (Å²) < 4.78 is 14.7. The molecule has 1 aliphatic rings. The maximum atomic E-state index is 11.9. The van der Waals surface area contributed by atoms with Crippen LogP contribution in [-0.4, -0.2) is 75.9 Å². The number of ether oxygens (including phenoxy) is 3. The Balaban J connectivity index is 1.99. The number of phenolic OH excluding ortho intramolecular Hbond substituents is 1. The first-order chi connectivity index (χ1) is 10.8. The van der Waals surface area contributed by atoms with Crippen molar-refractivity contribution in [2.75, 3.05) is 13.7 Å². The number of benzene rings is 1. The summed E-state index contributed by atoms with van der Waals surface area (Å²) in [5.41, 5.74) is 0.0890. The summed E-state index contributed by atoms with van der Waals surface area (Å²) >= 11 is 0. The van der Waals surface area contributed by atoms with Gasteiger partial charge in [0.15, 0.2) is 17.8 Å². The molecule has 0 bridgehead atoms. The molecule has 0 radical (unpaired) electrons. The first-order valence-corrected chi connectivity index (χ1v) is 6.77. The van der Waals surface area contributed by atoms with Crippen LogP contribution in [0.1, 0.15) is 10.4 Å². The molecule has 9 nitrogen and oxygen atoms in total. The third kappa shape index (κ3) is 3.71. The molecule has 0 aromatic heterocycles. The zero-order chi connectivity index (χ0) is 17.1. The van der Waals surface area contributed by atoms with E-state index in [1.807, 2.05) is 0 Å². The number of aliphatic hydroxyl groups excluding tert-OH is 4. The maximum absolute atomic E-state index is 11.9. The topological polar surface area (TPSA) is 146 Å². The molecule has 2 rings (SSSR count).